The molecule has 0 spiro atoms. The van der Waals surface area contributed by atoms with E-state index in [4.69, 9.17) is 0 Å². The maximum Gasteiger partial charge on any atom is 0.266 e. The second-order valence-electron chi connectivity index (χ2n) is 4.32. The molecule has 0 bridgehead atoms. The van der Waals surface area contributed by atoms with E-state index >= 15 is 0 Å². The third-order valence-electron chi connectivity index (χ3n) is 2.79. The molecule has 0 saturated heterocycles. The van der Waals surface area contributed by atoms with E-state index in [1.54, 1.807) is 0 Å². The van der Waals surface area contributed by atoms with Crippen LogP contribution in [0.15, 0.2) is 41.3 Å². The summed E-state index contributed by atoms with van der Waals surface area (Å²) in [6.07, 6.45) is 1.96. The molecule has 0 saturated carbocycles. The number of hydrogen-bond donors (Lipinski definition) is 1. The van der Waals surface area contributed by atoms with Crippen molar-refractivity contribution in [1.82, 2.24) is 15.1 Å². The Labute approximate surface area is 119 Å². The number of aryl methyl sites for hydroxylation is 1. The van der Waals surface area contributed by atoms with Gasteiger partial charge in [0.1, 0.15) is 11.6 Å². The van der Waals surface area contributed by atoms with E-state index < -0.39 is 17.5 Å². The standard InChI is InChI=1S/C14H13F2N3O2/c15-10-4-5-11(12(16)9-10)14(21)17-6-2-8-19-13(20)3-1-7-18-19/h1,3-5,7,9H,2,6,8H2,(H,17,21). The Balaban J connectivity index is 1.85. The average molecular weight is 293 g/mol. The van der Waals surface area contributed by atoms with Gasteiger partial charge in [-0.3, -0.25) is 9.59 Å². The van der Waals surface area contributed by atoms with Crippen LogP contribution in [-0.2, 0) is 6.54 Å². The van der Waals surface area contributed by atoms with Crippen LogP contribution in [0.5, 0.6) is 0 Å². The maximum atomic E-state index is 13.4. The molecule has 0 radical (unpaired) electrons. The topological polar surface area (TPSA) is 64.0 Å². The lowest BCUT2D eigenvalue weighted by atomic mass is 10.2. The van der Waals surface area contributed by atoms with Crippen molar-refractivity contribution in [3.05, 3.63) is 64.1 Å². The molecule has 0 aliphatic rings. The Bertz CT molecular complexity index is 701. The summed E-state index contributed by atoms with van der Waals surface area (Å²) in [7, 11) is 0. The number of hydrogen-bond acceptors (Lipinski definition) is 3. The number of amides is 1. The molecule has 0 aliphatic heterocycles. The second kappa shape index (κ2) is 6.74. The lowest BCUT2D eigenvalue weighted by Crippen LogP contribution is -2.28. The lowest BCUT2D eigenvalue weighted by molar-refractivity contribution is 0.0948. The molecule has 1 heterocycles. The van der Waals surface area contributed by atoms with Gasteiger partial charge < -0.3 is 5.32 Å². The third kappa shape index (κ3) is 3.95. The normalized spacial score (nSPS) is 10.4. The van der Waals surface area contributed by atoms with Gasteiger partial charge in [0.05, 0.1) is 5.56 Å². The molecule has 0 aliphatic carbocycles. The molecule has 2 aromatic rings. The van der Waals surface area contributed by atoms with E-state index in [0.717, 1.165) is 12.1 Å². The fraction of sp³-hybridized carbons (Fsp3) is 0.214. The zero-order valence-corrected chi connectivity index (χ0v) is 11.1. The highest BCUT2D eigenvalue weighted by atomic mass is 19.1. The minimum Gasteiger partial charge on any atom is -0.352 e. The molecule has 0 unspecified atom stereocenters. The SMILES string of the molecule is O=C(NCCCn1ncccc1=O)c1ccc(F)cc1F. The number of carbonyl (C=O) groups excluding carboxylic acids is 1. The highest BCUT2D eigenvalue weighted by molar-refractivity contribution is 5.94. The summed E-state index contributed by atoms with van der Waals surface area (Å²) < 4.78 is 27.4. The summed E-state index contributed by atoms with van der Waals surface area (Å²) in [5.74, 6) is -2.27. The predicted molar refractivity (Wildman–Crippen MR) is 71.8 cm³/mol. The summed E-state index contributed by atoms with van der Waals surface area (Å²) in [5, 5.41) is 6.37. The van der Waals surface area contributed by atoms with Crippen molar-refractivity contribution in [2.75, 3.05) is 6.54 Å². The first-order valence-corrected chi connectivity index (χ1v) is 6.33. The van der Waals surface area contributed by atoms with Crippen LogP contribution in [0.25, 0.3) is 0 Å². The number of rotatable bonds is 5. The number of halogens is 2. The Morgan fingerprint density at radius 3 is 2.81 bits per heavy atom. The third-order valence-corrected chi connectivity index (χ3v) is 2.79. The zero-order chi connectivity index (χ0) is 15.2. The van der Waals surface area contributed by atoms with Gasteiger partial charge in [0, 0.05) is 31.4 Å². The summed E-state index contributed by atoms with van der Waals surface area (Å²) in [6, 6.07) is 5.69. The summed E-state index contributed by atoms with van der Waals surface area (Å²) in [5.41, 5.74) is -0.445. The van der Waals surface area contributed by atoms with Crippen LogP contribution in [0.3, 0.4) is 0 Å². The van der Waals surface area contributed by atoms with Crippen LogP contribution in [-0.4, -0.2) is 22.2 Å². The van der Waals surface area contributed by atoms with Crippen LogP contribution in [0.2, 0.25) is 0 Å². The van der Waals surface area contributed by atoms with Gasteiger partial charge in [-0.1, -0.05) is 0 Å². The Hall–Kier alpha value is -2.57. The monoisotopic (exact) mass is 293 g/mol. The first-order chi connectivity index (χ1) is 10.1. The molecule has 7 heteroatoms. The van der Waals surface area contributed by atoms with Crippen molar-refractivity contribution in [2.45, 2.75) is 13.0 Å². The Morgan fingerprint density at radius 2 is 2.10 bits per heavy atom. The number of nitrogens with one attached hydrogen (secondary N) is 1. The molecular weight excluding hydrogens is 280 g/mol. The molecule has 21 heavy (non-hydrogen) atoms. The second-order valence-corrected chi connectivity index (χ2v) is 4.32. The van der Waals surface area contributed by atoms with Crippen molar-refractivity contribution in [3.63, 3.8) is 0 Å². The minimum absolute atomic E-state index is 0.216. The number of aromatic nitrogens is 2. The Morgan fingerprint density at radius 1 is 1.29 bits per heavy atom. The summed E-state index contributed by atoms with van der Waals surface area (Å²) >= 11 is 0. The summed E-state index contributed by atoms with van der Waals surface area (Å²) in [4.78, 5) is 23.1. The van der Waals surface area contributed by atoms with E-state index in [-0.39, 0.29) is 17.7 Å². The molecule has 5 nitrogen and oxygen atoms in total. The fourth-order valence-electron chi connectivity index (χ4n) is 1.75. The number of carbonyl (C=O) groups is 1. The van der Waals surface area contributed by atoms with Gasteiger partial charge in [-0.15, -0.1) is 0 Å². The van der Waals surface area contributed by atoms with Gasteiger partial charge in [-0.25, -0.2) is 13.5 Å². The van der Waals surface area contributed by atoms with E-state index in [9.17, 15) is 18.4 Å². The lowest BCUT2D eigenvalue weighted by Gasteiger charge is -2.07. The van der Waals surface area contributed by atoms with Gasteiger partial charge in [-0.05, 0) is 24.6 Å². The van der Waals surface area contributed by atoms with Crippen LogP contribution in [0.1, 0.15) is 16.8 Å². The molecule has 0 atom stereocenters. The van der Waals surface area contributed by atoms with Crippen molar-refractivity contribution < 1.29 is 13.6 Å². The summed E-state index contributed by atoms with van der Waals surface area (Å²) in [6.45, 7) is 0.588. The predicted octanol–water partition coefficient (Wildman–Crippen LogP) is 1.34. The van der Waals surface area contributed by atoms with Crippen LogP contribution < -0.4 is 10.9 Å². The van der Waals surface area contributed by atoms with Gasteiger partial charge in [0.25, 0.3) is 11.5 Å². The van der Waals surface area contributed by atoms with Crippen LogP contribution in [0, 0.1) is 11.6 Å². The Kier molecular flexibility index (Phi) is 4.76. The molecule has 1 aromatic heterocycles. The first kappa shape index (κ1) is 14.8. The molecular formula is C14H13F2N3O2. The first-order valence-electron chi connectivity index (χ1n) is 6.33. The molecule has 2 rings (SSSR count). The maximum absolute atomic E-state index is 13.4. The number of nitrogens with zero attached hydrogens (tertiary/aromatic N) is 2. The van der Waals surface area contributed by atoms with E-state index in [2.05, 4.69) is 10.4 Å². The van der Waals surface area contributed by atoms with Crippen molar-refractivity contribution in [1.29, 1.82) is 0 Å². The van der Waals surface area contributed by atoms with Gasteiger partial charge >= 0.3 is 0 Å². The van der Waals surface area contributed by atoms with Crippen molar-refractivity contribution in [3.8, 4) is 0 Å². The fourth-order valence-corrected chi connectivity index (χ4v) is 1.75. The molecule has 1 amide bonds. The molecule has 110 valence electrons. The van der Waals surface area contributed by atoms with Crippen LogP contribution in [0.4, 0.5) is 8.78 Å². The molecule has 1 aromatic carbocycles. The van der Waals surface area contributed by atoms with Gasteiger partial charge in [-0.2, -0.15) is 5.10 Å². The molecule has 1 N–H and O–H groups in total. The highest BCUT2D eigenvalue weighted by Gasteiger charge is 2.11. The smallest absolute Gasteiger partial charge is 0.266 e. The van der Waals surface area contributed by atoms with Crippen molar-refractivity contribution in [2.24, 2.45) is 0 Å². The van der Waals surface area contributed by atoms with E-state index in [0.29, 0.717) is 19.0 Å². The largest absolute Gasteiger partial charge is 0.352 e. The molecule has 0 fully saturated rings. The highest BCUT2D eigenvalue weighted by Crippen LogP contribution is 2.09. The van der Waals surface area contributed by atoms with Gasteiger partial charge in [0.15, 0.2) is 0 Å². The zero-order valence-electron chi connectivity index (χ0n) is 11.1. The van der Waals surface area contributed by atoms with E-state index in [1.165, 1.54) is 23.0 Å². The average Bonchev–Trinajstić information content (AvgIpc) is 2.45. The van der Waals surface area contributed by atoms with E-state index in [1.807, 2.05) is 0 Å². The number of benzene rings is 1. The van der Waals surface area contributed by atoms with Gasteiger partial charge in [0.2, 0.25) is 0 Å². The van der Waals surface area contributed by atoms with Crippen molar-refractivity contribution >= 4 is 5.91 Å². The minimum atomic E-state index is -0.909. The quantitative estimate of drug-likeness (QED) is 0.846. The van der Waals surface area contributed by atoms with Crippen LogP contribution >= 0.6 is 0 Å².